The van der Waals surface area contributed by atoms with Gasteiger partial charge in [0.2, 0.25) is 5.91 Å². The molecule has 1 amide bonds. The summed E-state index contributed by atoms with van der Waals surface area (Å²) in [5.41, 5.74) is 3.78. The van der Waals surface area contributed by atoms with E-state index in [4.69, 9.17) is 0 Å². The topological polar surface area (TPSA) is 70.0 Å². The number of allylic oxidation sites excluding steroid dienone is 3. The molecule has 0 spiro atoms. The summed E-state index contributed by atoms with van der Waals surface area (Å²) >= 11 is 0. The number of nitrogens with zero attached hydrogens (tertiary/aromatic N) is 2. The highest BCUT2D eigenvalue weighted by atomic mass is 16.3. The second kappa shape index (κ2) is 12.8. The van der Waals surface area contributed by atoms with E-state index in [-0.39, 0.29) is 23.8 Å². The van der Waals surface area contributed by atoms with Crippen LogP contribution in [0.3, 0.4) is 0 Å². The molecule has 36 heavy (non-hydrogen) atoms. The molecular formula is C31H34N2O3. The summed E-state index contributed by atoms with van der Waals surface area (Å²) in [7, 11) is 0. The van der Waals surface area contributed by atoms with Crippen LogP contribution in [-0.4, -0.2) is 22.5 Å². The predicted octanol–water partition coefficient (Wildman–Crippen LogP) is 6.72. The lowest BCUT2D eigenvalue weighted by Crippen LogP contribution is -2.33. The number of aliphatic hydroxyl groups is 1. The number of carbonyl (C=O) groups is 2. The summed E-state index contributed by atoms with van der Waals surface area (Å²) in [6, 6.07) is 21.4. The first-order chi connectivity index (χ1) is 17.3. The van der Waals surface area contributed by atoms with Crippen LogP contribution < -0.4 is 4.90 Å². The summed E-state index contributed by atoms with van der Waals surface area (Å²) in [5, 5.41) is 12.3. The Morgan fingerprint density at radius 2 is 1.75 bits per heavy atom. The second-order valence-corrected chi connectivity index (χ2v) is 8.95. The predicted molar refractivity (Wildman–Crippen MR) is 148 cm³/mol. The van der Waals surface area contributed by atoms with E-state index < -0.39 is 6.10 Å². The fourth-order valence-corrected chi connectivity index (χ4v) is 3.71. The lowest BCUT2D eigenvalue weighted by molar-refractivity contribution is -0.123. The van der Waals surface area contributed by atoms with Crippen molar-refractivity contribution in [2.75, 3.05) is 4.90 Å². The second-order valence-electron chi connectivity index (χ2n) is 8.95. The Morgan fingerprint density at radius 3 is 2.47 bits per heavy atom. The molecule has 0 saturated carbocycles. The van der Waals surface area contributed by atoms with Gasteiger partial charge in [0.1, 0.15) is 0 Å². The van der Waals surface area contributed by atoms with Crippen molar-refractivity contribution in [2.24, 2.45) is 4.99 Å². The van der Waals surface area contributed by atoms with Crippen LogP contribution in [0.1, 0.15) is 57.8 Å². The van der Waals surface area contributed by atoms with Gasteiger partial charge in [0.15, 0.2) is 5.78 Å². The van der Waals surface area contributed by atoms with Crippen LogP contribution in [0, 0.1) is 0 Å². The minimum Gasteiger partial charge on any atom is -0.389 e. The van der Waals surface area contributed by atoms with Crippen LogP contribution in [0.15, 0.2) is 95.6 Å². The molecule has 3 aromatic carbocycles. The molecule has 0 aliphatic heterocycles. The summed E-state index contributed by atoms with van der Waals surface area (Å²) in [4.78, 5) is 32.0. The third-order valence-corrected chi connectivity index (χ3v) is 6.13. The van der Waals surface area contributed by atoms with Crippen molar-refractivity contribution in [2.45, 2.75) is 53.2 Å². The number of carbonyl (C=O) groups excluding carboxylic acids is 2. The zero-order chi connectivity index (χ0) is 26.1. The van der Waals surface area contributed by atoms with E-state index in [9.17, 15) is 14.7 Å². The molecule has 186 valence electrons. The normalized spacial score (nSPS) is 13.2. The molecule has 1 N–H and O–H groups in total. The number of aliphatic imine (C=N–C) groups is 1. The molecule has 0 aromatic heterocycles. The molecule has 1 atom stereocenters. The van der Waals surface area contributed by atoms with E-state index >= 15 is 0 Å². The van der Waals surface area contributed by atoms with Crippen molar-refractivity contribution in [3.63, 3.8) is 0 Å². The third-order valence-electron chi connectivity index (χ3n) is 6.13. The molecule has 0 radical (unpaired) electrons. The molecule has 3 rings (SSSR count). The minimum absolute atomic E-state index is 0.283. The number of benzene rings is 3. The van der Waals surface area contributed by atoms with Gasteiger partial charge in [0, 0.05) is 11.9 Å². The average molecular weight is 483 g/mol. The minimum atomic E-state index is -0.671. The molecule has 0 fully saturated rings. The molecule has 0 aliphatic carbocycles. The Hall–Kier alpha value is -3.83. The number of aliphatic hydroxyl groups excluding tert-OH is 1. The average Bonchev–Trinajstić information content (AvgIpc) is 2.89. The van der Waals surface area contributed by atoms with Gasteiger partial charge in [-0.05, 0) is 73.4 Å². The standard InChI is InChI=1S/C31H34N2O3/c1-5-22(2)10-9-17-32-23(3)30(35)20-31(36)33(29-14-8-13-27(19-29)24(4)34)21-25-15-16-26-11-6-7-12-28(26)18-25/h6-19,24,34H,5,20-21H2,1-4H3/b17-9-,22-10+,32-23?. The van der Waals surface area contributed by atoms with Gasteiger partial charge < -0.3 is 10.0 Å². The third kappa shape index (κ3) is 7.33. The number of anilines is 1. The molecule has 1 unspecified atom stereocenters. The van der Waals surface area contributed by atoms with Crippen molar-refractivity contribution in [3.8, 4) is 0 Å². The van der Waals surface area contributed by atoms with Crippen LogP contribution in [0.4, 0.5) is 5.69 Å². The Balaban J connectivity index is 1.86. The largest absolute Gasteiger partial charge is 0.389 e. The van der Waals surface area contributed by atoms with Gasteiger partial charge in [-0.25, -0.2) is 0 Å². The lowest BCUT2D eigenvalue weighted by atomic mass is 10.0. The Bertz CT molecular complexity index is 1320. The number of ketones is 1. The maximum absolute atomic E-state index is 13.4. The molecule has 5 heteroatoms. The van der Waals surface area contributed by atoms with Crippen LogP contribution in [0.5, 0.6) is 0 Å². The van der Waals surface area contributed by atoms with Crippen molar-refractivity contribution >= 4 is 33.9 Å². The quantitative estimate of drug-likeness (QED) is 0.198. The number of hydrogen-bond acceptors (Lipinski definition) is 4. The van der Waals surface area contributed by atoms with Crippen LogP contribution in [0.25, 0.3) is 10.8 Å². The molecule has 0 saturated heterocycles. The molecular weight excluding hydrogens is 448 g/mol. The number of fused-ring (bicyclic) bond motifs is 1. The molecule has 5 nitrogen and oxygen atoms in total. The van der Waals surface area contributed by atoms with Gasteiger partial charge in [0.25, 0.3) is 0 Å². The first kappa shape index (κ1) is 26.8. The molecule has 0 bridgehead atoms. The highest BCUT2D eigenvalue weighted by Crippen LogP contribution is 2.25. The van der Waals surface area contributed by atoms with E-state index in [1.807, 2.05) is 67.6 Å². The lowest BCUT2D eigenvalue weighted by Gasteiger charge is -2.24. The first-order valence-corrected chi connectivity index (χ1v) is 12.2. The van der Waals surface area contributed by atoms with E-state index in [0.29, 0.717) is 17.8 Å². The van der Waals surface area contributed by atoms with Gasteiger partial charge >= 0.3 is 0 Å². The fraction of sp³-hybridized carbons (Fsp3) is 0.258. The summed E-state index contributed by atoms with van der Waals surface area (Å²) in [6.07, 6.45) is 5.31. The van der Waals surface area contributed by atoms with Gasteiger partial charge in [-0.2, -0.15) is 0 Å². The monoisotopic (exact) mass is 482 g/mol. The van der Waals surface area contributed by atoms with Crippen LogP contribution in [0.2, 0.25) is 0 Å². The number of hydrogen-bond donors (Lipinski definition) is 1. The molecule has 0 aliphatic rings. The Labute approximate surface area is 213 Å². The van der Waals surface area contributed by atoms with Crippen molar-refractivity contribution in [1.29, 1.82) is 0 Å². The number of Topliss-reactive ketones (excluding diaryl/α,β-unsaturated/α-hetero) is 1. The van der Waals surface area contributed by atoms with Gasteiger partial charge in [0.05, 0.1) is 24.8 Å². The molecule has 0 heterocycles. The van der Waals surface area contributed by atoms with Gasteiger partial charge in [-0.1, -0.05) is 67.1 Å². The van der Waals surface area contributed by atoms with E-state index in [1.165, 1.54) is 5.57 Å². The fourth-order valence-electron chi connectivity index (χ4n) is 3.71. The van der Waals surface area contributed by atoms with Crippen LogP contribution >= 0.6 is 0 Å². The summed E-state index contributed by atoms with van der Waals surface area (Å²) < 4.78 is 0. The maximum Gasteiger partial charge on any atom is 0.235 e. The smallest absolute Gasteiger partial charge is 0.235 e. The first-order valence-electron chi connectivity index (χ1n) is 12.2. The highest BCUT2D eigenvalue weighted by Gasteiger charge is 2.21. The zero-order valence-electron chi connectivity index (χ0n) is 21.4. The van der Waals surface area contributed by atoms with Crippen molar-refractivity contribution in [1.82, 2.24) is 0 Å². The SMILES string of the molecule is CC/C(C)=C/C=C\N=C(C)C(=O)CC(=O)N(Cc1ccc2ccccc2c1)c1cccc(C(C)O)c1. The number of amides is 1. The maximum atomic E-state index is 13.4. The van der Waals surface area contributed by atoms with Gasteiger partial charge in [-0.3, -0.25) is 14.6 Å². The zero-order valence-corrected chi connectivity index (χ0v) is 21.4. The van der Waals surface area contributed by atoms with E-state index in [2.05, 4.69) is 18.0 Å². The number of rotatable bonds is 10. The summed E-state index contributed by atoms with van der Waals surface area (Å²) in [6.45, 7) is 7.71. The Morgan fingerprint density at radius 1 is 1.00 bits per heavy atom. The van der Waals surface area contributed by atoms with Gasteiger partial charge in [-0.15, -0.1) is 0 Å². The van der Waals surface area contributed by atoms with E-state index in [1.54, 1.807) is 37.1 Å². The van der Waals surface area contributed by atoms with E-state index in [0.717, 1.165) is 22.8 Å². The summed E-state index contributed by atoms with van der Waals surface area (Å²) in [5.74, 6) is -0.646. The highest BCUT2D eigenvalue weighted by molar-refractivity contribution is 6.42. The van der Waals surface area contributed by atoms with Crippen LogP contribution in [-0.2, 0) is 16.1 Å². The Kier molecular flexibility index (Phi) is 9.48. The van der Waals surface area contributed by atoms with Crippen molar-refractivity contribution < 1.29 is 14.7 Å². The molecule has 3 aromatic rings. The van der Waals surface area contributed by atoms with Crippen molar-refractivity contribution in [3.05, 3.63) is 102 Å².